The van der Waals surface area contributed by atoms with Crippen LogP contribution >= 0.6 is 0 Å². The fraction of sp³-hybridized carbons (Fsp3) is 0.467. The number of nitrogens with one attached hydrogen (secondary N) is 1. The minimum Gasteiger partial charge on any atom is -0.493 e. The van der Waals surface area contributed by atoms with Gasteiger partial charge in [0.15, 0.2) is 18.1 Å². The standard InChI is InChI=1S/C15H19NO5/c1-9-6-11(9)15(18)21-8-14(17)16-10-4-5-12(19-2)13(7-10)20-3/h4-5,7,9,11H,6,8H2,1-3H3,(H,16,17)/t9-,11+/m0/s1. The minimum atomic E-state index is -0.385. The fourth-order valence-corrected chi connectivity index (χ4v) is 2.01. The van der Waals surface area contributed by atoms with E-state index < -0.39 is 0 Å². The molecule has 6 heteroatoms. The van der Waals surface area contributed by atoms with Crippen molar-refractivity contribution in [3.63, 3.8) is 0 Å². The molecule has 114 valence electrons. The Balaban J connectivity index is 1.86. The van der Waals surface area contributed by atoms with E-state index in [0.717, 1.165) is 6.42 Å². The lowest BCUT2D eigenvalue weighted by molar-refractivity contribution is -0.148. The van der Waals surface area contributed by atoms with Crippen molar-refractivity contribution in [2.75, 3.05) is 26.1 Å². The molecular formula is C15H19NO5. The lowest BCUT2D eigenvalue weighted by atomic mass is 10.2. The number of benzene rings is 1. The van der Waals surface area contributed by atoms with Gasteiger partial charge in [-0.2, -0.15) is 0 Å². The first-order chi connectivity index (χ1) is 10.0. The van der Waals surface area contributed by atoms with Crippen LogP contribution < -0.4 is 14.8 Å². The van der Waals surface area contributed by atoms with Crippen molar-refractivity contribution in [1.29, 1.82) is 0 Å². The Morgan fingerprint density at radius 3 is 2.48 bits per heavy atom. The van der Waals surface area contributed by atoms with Crippen LogP contribution in [0.3, 0.4) is 0 Å². The van der Waals surface area contributed by atoms with Crippen LogP contribution in [0, 0.1) is 11.8 Å². The van der Waals surface area contributed by atoms with E-state index in [0.29, 0.717) is 23.1 Å². The topological polar surface area (TPSA) is 73.9 Å². The summed E-state index contributed by atoms with van der Waals surface area (Å²) >= 11 is 0. The summed E-state index contributed by atoms with van der Waals surface area (Å²) in [6.45, 7) is 1.70. The maximum Gasteiger partial charge on any atom is 0.309 e. The molecule has 1 fully saturated rings. The highest BCUT2D eigenvalue weighted by Crippen LogP contribution is 2.38. The molecule has 6 nitrogen and oxygen atoms in total. The van der Waals surface area contributed by atoms with Crippen molar-refractivity contribution in [2.24, 2.45) is 11.8 Å². The highest BCUT2D eigenvalue weighted by atomic mass is 16.5. The molecule has 1 aliphatic carbocycles. The van der Waals surface area contributed by atoms with Crippen molar-refractivity contribution in [3.8, 4) is 11.5 Å². The van der Waals surface area contributed by atoms with Crippen LogP contribution in [0.1, 0.15) is 13.3 Å². The van der Waals surface area contributed by atoms with Gasteiger partial charge < -0.3 is 19.5 Å². The molecule has 0 saturated heterocycles. The summed E-state index contributed by atoms with van der Waals surface area (Å²) in [5.74, 6) is 0.725. The molecule has 1 saturated carbocycles. The van der Waals surface area contributed by atoms with E-state index in [1.807, 2.05) is 6.92 Å². The summed E-state index contributed by atoms with van der Waals surface area (Å²) < 4.78 is 15.2. The number of rotatable bonds is 6. The quantitative estimate of drug-likeness (QED) is 0.810. The number of amides is 1. The van der Waals surface area contributed by atoms with E-state index in [9.17, 15) is 9.59 Å². The zero-order valence-electron chi connectivity index (χ0n) is 12.3. The molecule has 1 amide bonds. The molecule has 21 heavy (non-hydrogen) atoms. The van der Waals surface area contributed by atoms with Gasteiger partial charge in [-0.25, -0.2) is 0 Å². The summed E-state index contributed by atoms with van der Waals surface area (Å²) in [4.78, 5) is 23.3. The molecule has 2 rings (SSSR count). The SMILES string of the molecule is COc1ccc(NC(=O)COC(=O)[C@@H]2C[C@@H]2C)cc1OC. The minimum absolute atomic E-state index is 0.0427. The van der Waals surface area contributed by atoms with E-state index in [4.69, 9.17) is 14.2 Å². The second kappa shape index (κ2) is 6.47. The van der Waals surface area contributed by atoms with Gasteiger partial charge in [-0.1, -0.05) is 6.92 Å². The second-order valence-electron chi connectivity index (χ2n) is 5.05. The zero-order chi connectivity index (χ0) is 15.4. The Labute approximate surface area is 123 Å². The van der Waals surface area contributed by atoms with Gasteiger partial charge in [-0.15, -0.1) is 0 Å². The van der Waals surface area contributed by atoms with E-state index in [1.54, 1.807) is 18.2 Å². The average molecular weight is 293 g/mol. The maximum atomic E-state index is 11.7. The third kappa shape index (κ3) is 3.87. The summed E-state index contributed by atoms with van der Waals surface area (Å²) in [6, 6.07) is 5.01. The molecule has 0 radical (unpaired) electrons. The first kappa shape index (κ1) is 15.2. The molecule has 0 heterocycles. The highest BCUT2D eigenvalue weighted by Gasteiger charge is 2.40. The second-order valence-corrected chi connectivity index (χ2v) is 5.05. The van der Waals surface area contributed by atoms with Gasteiger partial charge in [-0.05, 0) is 24.5 Å². The third-order valence-electron chi connectivity index (χ3n) is 3.43. The Hall–Kier alpha value is -2.24. The molecule has 1 aliphatic rings. The Morgan fingerprint density at radius 1 is 1.24 bits per heavy atom. The van der Waals surface area contributed by atoms with Gasteiger partial charge >= 0.3 is 5.97 Å². The average Bonchev–Trinajstić information content (AvgIpc) is 3.21. The van der Waals surface area contributed by atoms with Crippen LogP contribution in [0.5, 0.6) is 11.5 Å². The monoisotopic (exact) mass is 293 g/mol. The van der Waals surface area contributed by atoms with Gasteiger partial charge in [0.2, 0.25) is 0 Å². The first-order valence-electron chi connectivity index (χ1n) is 6.73. The summed E-state index contributed by atoms with van der Waals surface area (Å²) in [5.41, 5.74) is 0.550. The number of anilines is 1. The number of ether oxygens (including phenoxy) is 3. The normalized spacial score (nSPS) is 19.6. The Kier molecular flexibility index (Phi) is 4.67. The molecule has 0 aliphatic heterocycles. The first-order valence-corrected chi connectivity index (χ1v) is 6.73. The van der Waals surface area contributed by atoms with E-state index >= 15 is 0 Å². The van der Waals surface area contributed by atoms with Crippen LogP contribution in [0.15, 0.2) is 18.2 Å². The van der Waals surface area contributed by atoms with Crippen molar-refractivity contribution in [2.45, 2.75) is 13.3 Å². The van der Waals surface area contributed by atoms with Crippen LogP contribution in [0.2, 0.25) is 0 Å². The van der Waals surface area contributed by atoms with E-state index in [2.05, 4.69) is 5.32 Å². The van der Waals surface area contributed by atoms with Crippen LogP contribution in [0.25, 0.3) is 0 Å². The largest absolute Gasteiger partial charge is 0.493 e. The van der Waals surface area contributed by atoms with Crippen LogP contribution in [0.4, 0.5) is 5.69 Å². The lowest BCUT2D eigenvalue weighted by Crippen LogP contribution is -2.21. The number of hydrogen-bond acceptors (Lipinski definition) is 5. The van der Waals surface area contributed by atoms with Gasteiger partial charge in [0.05, 0.1) is 20.1 Å². The molecule has 1 aromatic rings. The van der Waals surface area contributed by atoms with Crippen molar-refractivity contribution in [1.82, 2.24) is 0 Å². The van der Waals surface area contributed by atoms with Gasteiger partial charge in [0.25, 0.3) is 5.91 Å². The van der Waals surface area contributed by atoms with Crippen molar-refractivity contribution in [3.05, 3.63) is 18.2 Å². The molecular weight excluding hydrogens is 274 g/mol. The molecule has 2 atom stereocenters. The highest BCUT2D eigenvalue weighted by molar-refractivity contribution is 5.93. The zero-order valence-corrected chi connectivity index (χ0v) is 12.3. The molecule has 1 aromatic carbocycles. The van der Waals surface area contributed by atoms with Gasteiger partial charge in [0, 0.05) is 11.8 Å². The summed E-state index contributed by atoms with van der Waals surface area (Å²) in [5, 5.41) is 2.64. The molecule has 0 bridgehead atoms. The summed E-state index contributed by atoms with van der Waals surface area (Å²) in [7, 11) is 3.05. The number of hydrogen-bond donors (Lipinski definition) is 1. The fourth-order valence-electron chi connectivity index (χ4n) is 2.01. The van der Waals surface area contributed by atoms with E-state index in [-0.39, 0.29) is 24.4 Å². The maximum absolute atomic E-state index is 11.7. The van der Waals surface area contributed by atoms with Crippen molar-refractivity contribution >= 4 is 17.6 Å². The lowest BCUT2D eigenvalue weighted by Gasteiger charge is -2.10. The van der Waals surface area contributed by atoms with Gasteiger partial charge in [-0.3, -0.25) is 9.59 Å². The molecule has 0 aromatic heterocycles. The van der Waals surface area contributed by atoms with Crippen LogP contribution in [-0.4, -0.2) is 32.7 Å². The predicted octanol–water partition coefficient (Wildman–Crippen LogP) is 1.84. The number of methoxy groups -OCH3 is 2. The smallest absolute Gasteiger partial charge is 0.309 e. The summed E-state index contributed by atoms with van der Waals surface area (Å²) in [6.07, 6.45) is 0.843. The number of carbonyl (C=O) groups excluding carboxylic acids is 2. The van der Waals surface area contributed by atoms with E-state index in [1.165, 1.54) is 14.2 Å². The molecule has 1 N–H and O–H groups in total. The third-order valence-corrected chi connectivity index (χ3v) is 3.43. The predicted molar refractivity (Wildman–Crippen MR) is 76.4 cm³/mol. The van der Waals surface area contributed by atoms with Crippen LogP contribution in [-0.2, 0) is 14.3 Å². The Morgan fingerprint density at radius 2 is 1.90 bits per heavy atom. The van der Waals surface area contributed by atoms with Crippen molar-refractivity contribution < 1.29 is 23.8 Å². The number of carbonyl (C=O) groups is 2. The number of esters is 1. The molecule has 0 spiro atoms. The Bertz CT molecular complexity index is 543. The molecule has 0 unspecified atom stereocenters. The van der Waals surface area contributed by atoms with Gasteiger partial charge in [0.1, 0.15) is 0 Å².